The third kappa shape index (κ3) is 3.33. The van der Waals surface area contributed by atoms with Crippen molar-refractivity contribution >= 4 is 40.2 Å². The lowest BCUT2D eigenvalue weighted by Gasteiger charge is -2.18. The summed E-state index contributed by atoms with van der Waals surface area (Å²) >= 11 is 7.02. The number of rotatable bonds is 2. The number of fused-ring (bicyclic) bond motifs is 3. The number of pyridine rings is 1. The lowest BCUT2D eigenvalue weighted by atomic mass is 10.1. The highest BCUT2D eigenvalue weighted by Crippen LogP contribution is 2.40. The number of nitrogens with zero attached hydrogens (tertiary/aromatic N) is 2. The molecular weight excluding hydrogens is 411 g/mol. The van der Waals surface area contributed by atoms with Crippen LogP contribution in [0.25, 0.3) is 10.6 Å². The minimum atomic E-state index is -0.958. The van der Waals surface area contributed by atoms with Crippen LogP contribution in [0.15, 0.2) is 30.5 Å². The summed E-state index contributed by atoms with van der Waals surface area (Å²) < 4.78 is 40.8. The van der Waals surface area contributed by atoms with Crippen LogP contribution in [0, 0.1) is 17.5 Å². The van der Waals surface area contributed by atoms with Gasteiger partial charge in [-0.15, -0.1) is 11.3 Å². The second-order valence-corrected chi connectivity index (χ2v) is 7.82. The first-order valence-corrected chi connectivity index (χ1v) is 9.48. The van der Waals surface area contributed by atoms with Crippen LogP contribution in [0.5, 0.6) is 0 Å². The molecule has 0 saturated heterocycles. The number of benzene rings is 1. The largest absolute Gasteiger partial charge is 0.372 e. The van der Waals surface area contributed by atoms with E-state index in [0.717, 1.165) is 22.7 Å². The van der Waals surface area contributed by atoms with Gasteiger partial charge in [0, 0.05) is 25.7 Å². The number of nitrogens with one attached hydrogen (secondary N) is 1. The number of hydrogen-bond donors (Lipinski definition) is 1. The molecule has 1 amide bonds. The number of amides is 1. The van der Waals surface area contributed by atoms with Gasteiger partial charge < -0.3 is 10.2 Å². The quantitative estimate of drug-likeness (QED) is 0.621. The van der Waals surface area contributed by atoms with Gasteiger partial charge in [-0.2, -0.15) is 0 Å². The summed E-state index contributed by atoms with van der Waals surface area (Å²) in [6, 6.07) is 4.69. The molecule has 0 fully saturated rings. The standard InChI is InChI=1S/C19H13ClF3N3OS/c1-26-3-2-9-4-15(28-18(9)17-14(26)7-11(22)8-24-17)19(27)25-16-12(20)5-10(21)6-13(16)23/h4-8H,2-3H2,1H3,(H,25,27). The lowest BCUT2D eigenvalue weighted by molar-refractivity contribution is 0.103. The van der Waals surface area contributed by atoms with Crippen LogP contribution in [-0.4, -0.2) is 24.5 Å². The maximum Gasteiger partial charge on any atom is 0.265 e. The molecule has 0 bridgehead atoms. The van der Waals surface area contributed by atoms with Crippen LogP contribution in [0.4, 0.5) is 24.5 Å². The Morgan fingerprint density at radius 2 is 2.00 bits per heavy atom. The van der Waals surface area contributed by atoms with Crippen LogP contribution in [0.1, 0.15) is 15.2 Å². The topological polar surface area (TPSA) is 45.2 Å². The van der Waals surface area contributed by atoms with E-state index in [0.29, 0.717) is 35.3 Å². The molecule has 4 nitrogen and oxygen atoms in total. The minimum absolute atomic E-state index is 0.229. The Balaban J connectivity index is 1.70. The van der Waals surface area contributed by atoms with Gasteiger partial charge in [0.1, 0.15) is 17.3 Å². The average molecular weight is 424 g/mol. The summed E-state index contributed by atoms with van der Waals surface area (Å²) in [5.41, 5.74) is 1.84. The van der Waals surface area contributed by atoms with E-state index in [9.17, 15) is 18.0 Å². The normalized spacial score (nSPS) is 13.0. The molecule has 0 radical (unpaired) electrons. The number of carbonyl (C=O) groups is 1. The van der Waals surface area contributed by atoms with Crippen LogP contribution < -0.4 is 10.2 Å². The molecule has 1 aliphatic rings. The first kappa shape index (κ1) is 18.8. The zero-order chi connectivity index (χ0) is 20.0. The lowest BCUT2D eigenvalue weighted by Crippen LogP contribution is -2.19. The van der Waals surface area contributed by atoms with Crippen molar-refractivity contribution < 1.29 is 18.0 Å². The maximum absolute atomic E-state index is 14.0. The van der Waals surface area contributed by atoms with Gasteiger partial charge in [-0.25, -0.2) is 13.2 Å². The van der Waals surface area contributed by atoms with Crippen molar-refractivity contribution in [3.8, 4) is 10.6 Å². The molecule has 0 aliphatic carbocycles. The van der Waals surface area contributed by atoms with Gasteiger partial charge in [0.15, 0.2) is 5.82 Å². The molecule has 1 aliphatic heterocycles. The summed E-state index contributed by atoms with van der Waals surface area (Å²) in [5.74, 6) is -2.80. The van der Waals surface area contributed by atoms with Crippen molar-refractivity contribution in [3.63, 3.8) is 0 Å². The Morgan fingerprint density at radius 1 is 1.21 bits per heavy atom. The summed E-state index contributed by atoms with van der Waals surface area (Å²) in [7, 11) is 1.85. The highest BCUT2D eigenvalue weighted by atomic mass is 35.5. The summed E-state index contributed by atoms with van der Waals surface area (Å²) in [6.45, 7) is 0.626. The molecule has 4 rings (SSSR count). The molecular formula is C19H13ClF3N3OS. The molecule has 0 unspecified atom stereocenters. The average Bonchev–Trinajstić information content (AvgIpc) is 3.01. The van der Waals surface area contributed by atoms with Gasteiger partial charge in [0.05, 0.1) is 32.3 Å². The number of likely N-dealkylation sites (N-methyl/N-ethyl adjacent to an activating group) is 1. The third-order valence-electron chi connectivity index (χ3n) is 4.46. The van der Waals surface area contributed by atoms with E-state index in [-0.39, 0.29) is 10.7 Å². The first-order chi connectivity index (χ1) is 13.3. The van der Waals surface area contributed by atoms with E-state index in [1.165, 1.54) is 17.4 Å². The van der Waals surface area contributed by atoms with Crippen LogP contribution in [0.2, 0.25) is 5.02 Å². The van der Waals surface area contributed by atoms with Gasteiger partial charge in [-0.3, -0.25) is 9.78 Å². The Hall–Kier alpha value is -2.58. The van der Waals surface area contributed by atoms with Crippen LogP contribution in [-0.2, 0) is 6.42 Å². The fourth-order valence-electron chi connectivity index (χ4n) is 3.07. The number of anilines is 2. The van der Waals surface area contributed by atoms with Gasteiger partial charge in [-0.1, -0.05) is 11.6 Å². The molecule has 0 atom stereocenters. The van der Waals surface area contributed by atoms with Crippen LogP contribution >= 0.6 is 22.9 Å². The van der Waals surface area contributed by atoms with Crippen molar-refractivity contribution in [3.05, 3.63) is 63.4 Å². The Morgan fingerprint density at radius 3 is 2.75 bits per heavy atom. The number of halogens is 4. The molecule has 1 aromatic carbocycles. The molecule has 28 heavy (non-hydrogen) atoms. The number of aromatic nitrogens is 1. The van der Waals surface area contributed by atoms with Crippen LogP contribution in [0.3, 0.4) is 0 Å². The van der Waals surface area contributed by atoms with Gasteiger partial charge in [0.25, 0.3) is 5.91 Å². The smallest absolute Gasteiger partial charge is 0.265 e. The summed E-state index contributed by atoms with van der Waals surface area (Å²) in [6.07, 6.45) is 1.77. The van der Waals surface area contributed by atoms with E-state index >= 15 is 0 Å². The Labute approximate surface area is 167 Å². The number of hydrogen-bond acceptors (Lipinski definition) is 4. The molecule has 3 heterocycles. The molecule has 0 spiro atoms. The van der Waals surface area contributed by atoms with E-state index in [1.807, 2.05) is 11.9 Å². The molecule has 3 aromatic rings. The Bertz CT molecular complexity index is 1080. The van der Waals surface area contributed by atoms with Crippen molar-refractivity contribution in [1.29, 1.82) is 0 Å². The van der Waals surface area contributed by atoms with E-state index in [4.69, 9.17) is 11.6 Å². The summed E-state index contributed by atoms with van der Waals surface area (Å²) in [4.78, 5) is 19.8. The molecule has 2 aromatic heterocycles. The SMILES string of the molecule is CN1CCc2cc(C(=O)Nc3c(F)cc(F)cc3Cl)sc2-c2ncc(F)cc21. The number of thiophene rings is 1. The van der Waals surface area contributed by atoms with Gasteiger partial charge >= 0.3 is 0 Å². The first-order valence-electron chi connectivity index (χ1n) is 8.29. The van der Waals surface area contributed by atoms with Gasteiger partial charge in [-0.05, 0) is 24.1 Å². The Kier molecular flexibility index (Phi) is 4.76. The second-order valence-electron chi connectivity index (χ2n) is 6.36. The van der Waals surface area contributed by atoms with Crippen molar-refractivity contribution in [2.24, 2.45) is 0 Å². The maximum atomic E-state index is 14.0. The molecule has 1 N–H and O–H groups in total. The van der Waals surface area contributed by atoms with Crippen molar-refractivity contribution in [2.75, 3.05) is 23.8 Å². The number of carbonyl (C=O) groups excluding carboxylic acids is 1. The fourth-order valence-corrected chi connectivity index (χ4v) is 4.42. The fraction of sp³-hybridized carbons (Fsp3) is 0.158. The molecule has 0 saturated carbocycles. The van der Waals surface area contributed by atoms with E-state index in [1.54, 1.807) is 6.07 Å². The predicted octanol–water partition coefficient (Wildman–Crippen LogP) is 5.13. The second kappa shape index (κ2) is 7.10. The zero-order valence-corrected chi connectivity index (χ0v) is 16.1. The summed E-state index contributed by atoms with van der Waals surface area (Å²) in [5, 5.41) is 2.17. The monoisotopic (exact) mass is 423 g/mol. The van der Waals surface area contributed by atoms with E-state index in [2.05, 4.69) is 10.3 Å². The minimum Gasteiger partial charge on any atom is -0.372 e. The molecule has 9 heteroatoms. The third-order valence-corrected chi connectivity index (χ3v) is 5.94. The van der Waals surface area contributed by atoms with E-state index < -0.39 is 23.4 Å². The molecule has 144 valence electrons. The zero-order valence-electron chi connectivity index (χ0n) is 14.5. The highest BCUT2D eigenvalue weighted by molar-refractivity contribution is 7.17. The van der Waals surface area contributed by atoms with Crippen molar-refractivity contribution in [1.82, 2.24) is 4.98 Å². The predicted molar refractivity (Wildman–Crippen MR) is 104 cm³/mol. The van der Waals surface area contributed by atoms with Gasteiger partial charge in [0.2, 0.25) is 0 Å². The highest BCUT2D eigenvalue weighted by Gasteiger charge is 2.24. The van der Waals surface area contributed by atoms with Crippen molar-refractivity contribution in [2.45, 2.75) is 6.42 Å².